The molecule has 1 aliphatic carbocycles. The molecular formula is C15H20BrN3. The van der Waals surface area contributed by atoms with Gasteiger partial charge in [0.1, 0.15) is 0 Å². The SMILES string of the molecule is CC1CCC(n2c(N)nc3cc(Br)ccc32)C(C)C1. The quantitative estimate of drug-likeness (QED) is 0.847. The number of hydrogen-bond donors (Lipinski definition) is 1. The third-order valence-corrected chi connectivity index (χ3v) is 4.89. The topological polar surface area (TPSA) is 43.8 Å². The van der Waals surface area contributed by atoms with E-state index in [0.29, 0.717) is 17.9 Å². The summed E-state index contributed by atoms with van der Waals surface area (Å²) in [6.07, 6.45) is 3.76. The van der Waals surface area contributed by atoms with Crippen molar-refractivity contribution in [1.82, 2.24) is 9.55 Å². The zero-order chi connectivity index (χ0) is 13.6. The lowest BCUT2D eigenvalue weighted by molar-refractivity contribution is 0.213. The Kier molecular flexibility index (Phi) is 3.29. The summed E-state index contributed by atoms with van der Waals surface area (Å²) in [5.74, 6) is 2.14. The predicted molar refractivity (Wildman–Crippen MR) is 83.1 cm³/mol. The van der Waals surface area contributed by atoms with E-state index in [9.17, 15) is 0 Å². The van der Waals surface area contributed by atoms with Crippen LogP contribution in [0.15, 0.2) is 22.7 Å². The predicted octanol–water partition coefficient (Wildman–Crippen LogP) is 4.38. The molecule has 0 amide bonds. The monoisotopic (exact) mass is 321 g/mol. The molecule has 102 valence electrons. The van der Waals surface area contributed by atoms with Crippen LogP contribution in [-0.4, -0.2) is 9.55 Å². The Morgan fingerprint density at radius 1 is 1.32 bits per heavy atom. The van der Waals surface area contributed by atoms with Gasteiger partial charge in [-0.15, -0.1) is 0 Å². The van der Waals surface area contributed by atoms with Crippen LogP contribution in [0.3, 0.4) is 0 Å². The van der Waals surface area contributed by atoms with Gasteiger partial charge in [0.25, 0.3) is 0 Å². The number of nitrogens with two attached hydrogens (primary N) is 1. The second-order valence-electron chi connectivity index (χ2n) is 5.94. The number of aromatic nitrogens is 2. The number of imidazole rings is 1. The molecule has 19 heavy (non-hydrogen) atoms. The van der Waals surface area contributed by atoms with Crippen molar-refractivity contribution in [3.63, 3.8) is 0 Å². The normalized spacial score (nSPS) is 27.8. The molecule has 4 heteroatoms. The molecule has 3 unspecified atom stereocenters. The third kappa shape index (κ3) is 2.27. The van der Waals surface area contributed by atoms with E-state index in [1.54, 1.807) is 0 Å². The maximum Gasteiger partial charge on any atom is 0.201 e. The first-order chi connectivity index (χ1) is 9.06. The number of hydrogen-bond acceptors (Lipinski definition) is 2. The fourth-order valence-corrected chi connectivity index (χ4v) is 3.82. The van der Waals surface area contributed by atoms with Crippen molar-refractivity contribution in [3.8, 4) is 0 Å². The van der Waals surface area contributed by atoms with Gasteiger partial charge in [0.05, 0.1) is 11.0 Å². The van der Waals surface area contributed by atoms with Gasteiger partial charge in [-0.05, 0) is 49.3 Å². The molecule has 1 saturated carbocycles. The van der Waals surface area contributed by atoms with E-state index < -0.39 is 0 Å². The van der Waals surface area contributed by atoms with Crippen LogP contribution in [-0.2, 0) is 0 Å². The van der Waals surface area contributed by atoms with E-state index in [-0.39, 0.29) is 0 Å². The van der Waals surface area contributed by atoms with Gasteiger partial charge in [-0.2, -0.15) is 0 Å². The highest BCUT2D eigenvalue weighted by Gasteiger charge is 2.29. The standard InChI is InChI=1S/C15H20BrN3/c1-9-3-5-13(10(2)7-9)19-14-6-4-11(16)8-12(14)18-15(19)17/h4,6,8-10,13H,3,5,7H2,1-2H3,(H2,17,18). The second kappa shape index (κ2) is 4.82. The molecule has 0 aliphatic heterocycles. The fourth-order valence-electron chi connectivity index (χ4n) is 3.47. The fraction of sp³-hybridized carbons (Fsp3) is 0.533. The Bertz CT molecular complexity index is 605. The molecule has 3 atom stereocenters. The molecule has 0 bridgehead atoms. The first kappa shape index (κ1) is 13.0. The summed E-state index contributed by atoms with van der Waals surface area (Å²) in [5.41, 5.74) is 8.31. The van der Waals surface area contributed by atoms with Crippen molar-refractivity contribution in [2.45, 2.75) is 39.2 Å². The van der Waals surface area contributed by atoms with Crippen molar-refractivity contribution in [2.75, 3.05) is 5.73 Å². The summed E-state index contributed by atoms with van der Waals surface area (Å²) in [7, 11) is 0. The summed E-state index contributed by atoms with van der Waals surface area (Å²) in [6.45, 7) is 4.68. The molecule has 3 nitrogen and oxygen atoms in total. The molecule has 0 radical (unpaired) electrons. The summed E-state index contributed by atoms with van der Waals surface area (Å²) in [5, 5.41) is 0. The lowest BCUT2D eigenvalue weighted by atomic mass is 9.79. The molecule has 1 aromatic heterocycles. The van der Waals surface area contributed by atoms with Gasteiger partial charge in [-0.1, -0.05) is 29.8 Å². The highest BCUT2D eigenvalue weighted by atomic mass is 79.9. The van der Waals surface area contributed by atoms with Gasteiger partial charge in [0.2, 0.25) is 5.95 Å². The Balaban J connectivity index is 2.07. The van der Waals surface area contributed by atoms with E-state index in [1.807, 2.05) is 6.07 Å². The highest BCUT2D eigenvalue weighted by molar-refractivity contribution is 9.10. The summed E-state index contributed by atoms with van der Waals surface area (Å²) >= 11 is 3.49. The molecule has 0 spiro atoms. The van der Waals surface area contributed by atoms with Gasteiger partial charge in [0, 0.05) is 10.5 Å². The molecule has 2 N–H and O–H groups in total. The zero-order valence-corrected chi connectivity index (χ0v) is 13.0. The lowest BCUT2D eigenvalue weighted by Crippen LogP contribution is -2.25. The largest absolute Gasteiger partial charge is 0.369 e. The highest BCUT2D eigenvalue weighted by Crippen LogP contribution is 2.39. The number of nitrogen functional groups attached to an aromatic ring is 1. The van der Waals surface area contributed by atoms with Crippen LogP contribution in [0.25, 0.3) is 11.0 Å². The molecule has 1 aromatic carbocycles. The number of anilines is 1. The summed E-state index contributed by atoms with van der Waals surface area (Å²) in [4.78, 5) is 4.51. The average Bonchev–Trinajstić information content (AvgIpc) is 2.65. The molecule has 1 heterocycles. The van der Waals surface area contributed by atoms with E-state index >= 15 is 0 Å². The molecular weight excluding hydrogens is 302 g/mol. The van der Waals surface area contributed by atoms with Gasteiger partial charge < -0.3 is 10.3 Å². The van der Waals surface area contributed by atoms with Crippen molar-refractivity contribution in [3.05, 3.63) is 22.7 Å². The Morgan fingerprint density at radius 3 is 2.84 bits per heavy atom. The minimum atomic E-state index is 0.488. The van der Waals surface area contributed by atoms with Crippen molar-refractivity contribution >= 4 is 32.9 Å². The number of nitrogens with zero attached hydrogens (tertiary/aromatic N) is 2. The number of fused-ring (bicyclic) bond motifs is 1. The van der Waals surface area contributed by atoms with Gasteiger partial charge >= 0.3 is 0 Å². The number of halogens is 1. The van der Waals surface area contributed by atoms with Crippen molar-refractivity contribution < 1.29 is 0 Å². The summed E-state index contributed by atoms with van der Waals surface area (Å²) < 4.78 is 3.30. The Hall–Kier alpha value is -1.03. The maximum atomic E-state index is 6.17. The Labute approximate surface area is 122 Å². The third-order valence-electron chi connectivity index (χ3n) is 4.40. The molecule has 1 fully saturated rings. The van der Waals surface area contributed by atoms with Crippen LogP contribution in [0, 0.1) is 11.8 Å². The van der Waals surface area contributed by atoms with Crippen LogP contribution >= 0.6 is 15.9 Å². The van der Waals surface area contributed by atoms with Crippen LogP contribution in [0.1, 0.15) is 39.2 Å². The van der Waals surface area contributed by atoms with Crippen LogP contribution in [0.5, 0.6) is 0 Å². The van der Waals surface area contributed by atoms with Crippen LogP contribution < -0.4 is 5.73 Å². The van der Waals surface area contributed by atoms with Gasteiger partial charge in [-0.3, -0.25) is 0 Å². The van der Waals surface area contributed by atoms with E-state index in [0.717, 1.165) is 21.4 Å². The summed E-state index contributed by atoms with van der Waals surface area (Å²) in [6, 6.07) is 6.71. The Morgan fingerprint density at radius 2 is 2.11 bits per heavy atom. The van der Waals surface area contributed by atoms with Crippen LogP contribution in [0.4, 0.5) is 5.95 Å². The average molecular weight is 322 g/mol. The molecule has 2 aromatic rings. The minimum Gasteiger partial charge on any atom is -0.369 e. The van der Waals surface area contributed by atoms with Crippen molar-refractivity contribution in [1.29, 1.82) is 0 Å². The maximum absolute atomic E-state index is 6.17. The van der Waals surface area contributed by atoms with E-state index in [2.05, 4.69) is 51.5 Å². The number of benzene rings is 1. The lowest BCUT2D eigenvalue weighted by Gasteiger charge is -2.34. The van der Waals surface area contributed by atoms with Gasteiger partial charge in [-0.25, -0.2) is 4.98 Å². The number of rotatable bonds is 1. The zero-order valence-electron chi connectivity index (χ0n) is 11.4. The van der Waals surface area contributed by atoms with Gasteiger partial charge in [0.15, 0.2) is 0 Å². The molecule has 0 saturated heterocycles. The van der Waals surface area contributed by atoms with Crippen LogP contribution in [0.2, 0.25) is 0 Å². The first-order valence-corrected chi connectivity index (χ1v) is 7.78. The van der Waals surface area contributed by atoms with Crippen molar-refractivity contribution in [2.24, 2.45) is 11.8 Å². The van der Waals surface area contributed by atoms with E-state index in [4.69, 9.17) is 5.73 Å². The minimum absolute atomic E-state index is 0.488. The molecule has 3 rings (SSSR count). The van der Waals surface area contributed by atoms with E-state index in [1.165, 1.54) is 19.3 Å². The second-order valence-corrected chi connectivity index (χ2v) is 6.85. The first-order valence-electron chi connectivity index (χ1n) is 6.99. The smallest absolute Gasteiger partial charge is 0.201 e. The molecule has 1 aliphatic rings.